The van der Waals surface area contributed by atoms with Gasteiger partial charge in [0.25, 0.3) is 0 Å². The zero-order chi connectivity index (χ0) is 21.0. The summed E-state index contributed by atoms with van der Waals surface area (Å²) in [6.07, 6.45) is 3.52. The molecule has 0 spiro atoms. The first-order valence-corrected chi connectivity index (χ1v) is 8.91. The number of nitriles is 2. The summed E-state index contributed by atoms with van der Waals surface area (Å²) in [5.74, 6) is 0.181. The average molecular weight is 394 g/mol. The molecule has 1 aliphatic rings. The molecule has 0 amide bonds. The van der Waals surface area contributed by atoms with Gasteiger partial charge in [0.1, 0.15) is 40.9 Å². The Morgan fingerprint density at radius 1 is 1.34 bits per heavy atom. The minimum atomic E-state index is -0.866. The van der Waals surface area contributed by atoms with E-state index in [0.717, 1.165) is 12.8 Å². The molecule has 10 heteroatoms. The molecule has 2 heterocycles. The lowest BCUT2D eigenvalue weighted by molar-refractivity contribution is 0.305. The minimum Gasteiger partial charge on any atom is -0.493 e. The predicted octanol–water partition coefficient (Wildman–Crippen LogP) is 2.38. The molecule has 1 aromatic carbocycles. The molecule has 29 heavy (non-hydrogen) atoms. The van der Waals surface area contributed by atoms with Crippen LogP contribution in [0, 0.1) is 28.6 Å². The van der Waals surface area contributed by atoms with E-state index in [1.54, 1.807) is 6.19 Å². The lowest BCUT2D eigenvalue weighted by Crippen LogP contribution is -2.33. The number of nitrogens with zero attached hydrogens (tertiary/aromatic N) is 4. The van der Waals surface area contributed by atoms with E-state index in [0.29, 0.717) is 23.5 Å². The van der Waals surface area contributed by atoms with Gasteiger partial charge in [0.2, 0.25) is 5.96 Å². The fourth-order valence-corrected chi connectivity index (χ4v) is 3.00. The van der Waals surface area contributed by atoms with E-state index in [2.05, 4.69) is 20.6 Å². The number of aromatic nitrogens is 1. The van der Waals surface area contributed by atoms with Crippen molar-refractivity contribution in [3.63, 3.8) is 0 Å². The number of anilines is 3. The summed E-state index contributed by atoms with van der Waals surface area (Å²) in [5.41, 5.74) is 12.9. The number of ether oxygens (including phenoxy) is 1. The molecule has 0 fully saturated rings. The zero-order valence-corrected chi connectivity index (χ0v) is 15.7. The van der Waals surface area contributed by atoms with Crippen molar-refractivity contribution < 1.29 is 9.13 Å². The topological polar surface area (TPSA) is 158 Å². The first-order valence-electron chi connectivity index (χ1n) is 8.91. The molecule has 0 aliphatic carbocycles. The molecule has 148 valence electrons. The molecule has 0 saturated heterocycles. The lowest BCUT2D eigenvalue weighted by atomic mass is 9.94. The van der Waals surface area contributed by atoms with Gasteiger partial charge in [-0.3, -0.25) is 5.32 Å². The van der Waals surface area contributed by atoms with E-state index >= 15 is 0 Å². The number of nitrogens with two attached hydrogens (primary N) is 2. The van der Waals surface area contributed by atoms with Crippen molar-refractivity contribution in [1.82, 2.24) is 10.3 Å². The molecule has 0 saturated carbocycles. The van der Waals surface area contributed by atoms with Gasteiger partial charge in [0.15, 0.2) is 6.19 Å². The van der Waals surface area contributed by atoms with E-state index < -0.39 is 11.9 Å². The Labute approximate surface area is 166 Å². The second-order valence-electron chi connectivity index (χ2n) is 6.29. The molecule has 1 unspecified atom stereocenters. The maximum absolute atomic E-state index is 14.1. The predicted molar refractivity (Wildman–Crippen MR) is 106 cm³/mol. The van der Waals surface area contributed by atoms with Gasteiger partial charge in [0, 0.05) is 11.1 Å². The van der Waals surface area contributed by atoms with Crippen LogP contribution in [0.3, 0.4) is 0 Å². The molecule has 1 aliphatic heterocycles. The Hall–Kier alpha value is -4.05. The summed E-state index contributed by atoms with van der Waals surface area (Å²) >= 11 is 0. The quantitative estimate of drug-likeness (QED) is 0.342. The first-order chi connectivity index (χ1) is 14.0. The van der Waals surface area contributed by atoms with Crippen LogP contribution in [-0.2, 0) is 0 Å². The van der Waals surface area contributed by atoms with E-state index in [1.807, 2.05) is 13.0 Å². The van der Waals surface area contributed by atoms with Gasteiger partial charge in [-0.25, -0.2) is 14.4 Å². The van der Waals surface area contributed by atoms with E-state index in [-0.39, 0.29) is 28.8 Å². The third-order valence-electron chi connectivity index (χ3n) is 4.38. The maximum atomic E-state index is 14.1. The number of nitrogen functional groups attached to an aromatic ring is 2. The molecule has 1 atom stereocenters. The molecule has 9 nitrogen and oxygen atoms in total. The number of pyridine rings is 1. The zero-order valence-electron chi connectivity index (χ0n) is 15.7. The third-order valence-corrected chi connectivity index (χ3v) is 4.38. The number of unbranched alkanes of at least 4 members (excludes halogenated alkanes) is 1. The van der Waals surface area contributed by atoms with E-state index in [1.165, 1.54) is 18.2 Å². The molecular weight excluding hydrogens is 375 g/mol. The molecule has 0 radical (unpaired) electrons. The number of nitrogens with one attached hydrogen (secondary N) is 2. The molecule has 3 rings (SSSR count). The fraction of sp³-hybridized carbons (Fsp3) is 0.263. The lowest BCUT2D eigenvalue weighted by Gasteiger charge is -2.27. The highest BCUT2D eigenvalue weighted by Crippen LogP contribution is 2.43. The average Bonchev–Trinajstić information content (AvgIpc) is 2.69. The number of aliphatic imine (C=N–C) groups is 1. The second-order valence-corrected chi connectivity index (χ2v) is 6.29. The first kappa shape index (κ1) is 19.7. The number of guanidine groups is 1. The summed E-state index contributed by atoms with van der Waals surface area (Å²) in [6, 6.07) is 5.15. The highest BCUT2D eigenvalue weighted by Gasteiger charge is 2.31. The smallest absolute Gasteiger partial charge is 0.211 e. The number of fused-ring (bicyclic) bond motifs is 1. The van der Waals surface area contributed by atoms with Gasteiger partial charge in [-0.1, -0.05) is 13.3 Å². The summed E-state index contributed by atoms with van der Waals surface area (Å²) in [4.78, 5) is 8.61. The maximum Gasteiger partial charge on any atom is 0.211 e. The van der Waals surface area contributed by atoms with Crippen LogP contribution in [0.5, 0.6) is 5.75 Å². The van der Waals surface area contributed by atoms with Crippen LogP contribution in [0.1, 0.15) is 42.5 Å². The Morgan fingerprint density at radius 3 is 2.83 bits per heavy atom. The van der Waals surface area contributed by atoms with Crippen molar-refractivity contribution in [2.24, 2.45) is 4.99 Å². The Balaban J connectivity index is 2.20. The second kappa shape index (κ2) is 8.31. The van der Waals surface area contributed by atoms with Gasteiger partial charge in [0.05, 0.1) is 12.3 Å². The van der Waals surface area contributed by atoms with E-state index in [9.17, 15) is 9.65 Å². The number of halogens is 1. The fourth-order valence-electron chi connectivity index (χ4n) is 3.00. The minimum absolute atomic E-state index is 0.00676. The van der Waals surface area contributed by atoms with Gasteiger partial charge in [-0.2, -0.15) is 10.5 Å². The highest BCUT2D eigenvalue weighted by atomic mass is 19.1. The van der Waals surface area contributed by atoms with Crippen molar-refractivity contribution in [2.75, 3.05) is 23.4 Å². The van der Waals surface area contributed by atoms with Crippen LogP contribution in [0.25, 0.3) is 0 Å². The van der Waals surface area contributed by atoms with Gasteiger partial charge >= 0.3 is 0 Å². The monoisotopic (exact) mass is 394 g/mol. The summed E-state index contributed by atoms with van der Waals surface area (Å²) in [6.45, 7) is 2.47. The van der Waals surface area contributed by atoms with Crippen molar-refractivity contribution in [3.8, 4) is 18.0 Å². The van der Waals surface area contributed by atoms with Crippen LogP contribution in [0.15, 0.2) is 23.2 Å². The van der Waals surface area contributed by atoms with Crippen LogP contribution in [-0.4, -0.2) is 17.6 Å². The molecular formula is C19H19FN8O. The molecule has 1 aromatic heterocycles. The van der Waals surface area contributed by atoms with Gasteiger partial charge in [-0.05, 0) is 24.6 Å². The van der Waals surface area contributed by atoms with Crippen LogP contribution in [0.2, 0.25) is 0 Å². The Morgan fingerprint density at radius 2 is 2.14 bits per heavy atom. The highest BCUT2D eigenvalue weighted by molar-refractivity contribution is 5.98. The van der Waals surface area contributed by atoms with Gasteiger partial charge < -0.3 is 21.5 Å². The molecule has 6 N–H and O–H groups in total. The van der Waals surface area contributed by atoms with Crippen LogP contribution >= 0.6 is 0 Å². The summed E-state index contributed by atoms with van der Waals surface area (Å²) in [5, 5.41) is 23.6. The van der Waals surface area contributed by atoms with Crippen molar-refractivity contribution in [3.05, 3.63) is 40.7 Å². The number of benzene rings is 1. The third kappa shape index (κ3) is 3.82. The van der Waals surface area contributed by atoms with Crippen molar-refractivity contribution >= 4 is 23.3 Å². The SMILES string of the molecule is CCCCOc1ccc(F)cc1C1N=C(NC#N)Nc2nc(N)c(C#N)c(N)c21. The molecule has 2 aromatic rings. The van der Waals surface area contributed by atoms with Crippen LogP contribution in [0.4, 0.5) is 21.7 Å². The van der Waals surface area contributed by atoms with Crippen LogP contribution < -0.4 is 26.8 Å². The van der Waals surface area contributed by atoms with Crippen molar-refractivity contribution in [2.45, 2.75) is 25.8 Å². The number of hydrogen-bond donors (Lipinski definition) is 4. The number of hydrogen-bond acceptors (Lipinski definition) is 9. The summed E-state index contributed by atoms with van der Waals surface area (Å²) < 4.78 is 19.9. The number of rotatable bonds is 5. The van der Waals surface area contributed by atoms with Crippen molar-refractivity contribution in [1.29, 1.82) is 10.5 Å². The van der Waals surface area contributed by atoms with E-state index in [4.69, 9.17) is 21.5 Å². The Kier molecular flexibility index (Phi) is 5.65. The summed E-state index contributed by atoms with van der Waals surface area (Å²) in [7, 11) is 0. The largest absolute Gasteiger partial charge is 0.493 e. The standard InChI is InChI=1S/C19H19FN8O/c1-2-3-6-29-13-5-4-10(20)7-11(13)16-14-15(23)12(8-21)17(24)27-18(14)28-19(26-16)25-9-22/h4-5,7,16H,2-3,6H2,1H3,(H6,23,24,25,26,27,28). The van der Waals surface area contributed by atoms with Gasteiger partial charge in [-0.15, -0.1) is 0 Å². The Bertz CT molecular complexity index is 1050. The normalized spacial score (nSPS) is 14.6. The molecule has 0 bridgehead atoms.